The van der Waals surface area contributed by atoms with Crippen molar-refractivity contribution in [3.05, 3.63) is 29.4 Å². The Labute approximate surface area is 151 Å². The minimum absolute atomic E-state index is 0.0192. The minimum atomic E-state index is -0.0192. The van der Waals surface area contributed by atoms with Gasteiger partial charge in [-0.15, -0.1) is 0 Å². The molecule has 1 aromatic carbocycles. The molecule has 136 valence electrons. The Kier molecular flexibility index (Phi) is 6.91. The van der Waals surface area contributed by atoms with Gasteiger partial charge < -0.3 is 30.0 Å². The Balaban J connectivity index is 0.000000181. The Morgan fingerprint density at radius 3 is 2.44 bits per heavy atom. The molecule has 9 heteroatoms. The number of hydrogen-bond acceptors (Lipinski definition) is 8. The van der Waals surface area contributed by atoms with E-state index in [4.69, 9.17) is 31.5 Å². The number of benzene rings is 1. The first-order valence-electron chi connectivity index (χ1n) is 7.57. The van der Waals surface area contributed by atoms with Gasteiger partial charge in [-0.3, -0.25) is 0 Å². The molecule has 1 fully saturated rings. The SMILES string of the molecule is COc1cc(O)c(Cl)cc1OC.Nc1ccnc(N2CCOCC2)n1. The standard InChI is InChI=1S/C8H9ClO3.C8H12N4O/c1-11-7-3-5(9)6(10)4-8(7)12-2;9-7-1-2-10-8(11-7)12-3-5-13-6-4-12/h3-4,10H,1-2H3;1-2H,3-6H2,(H2,9,10,11). The van der Waals surface area contributed by atoms with Gasteiger partial charge in [0.15, 0.2) is 11.5 Å². The summed E-state index contributed by atoms with van der Waals surface area (Å²) in [5, 5.41) is 9.43. The number of nitrogens with zero attached hydrogens (tertiary/aromatic N) is 3. The number of aromatic hydroxyl groups is 1. The first-order chi connectivity index (χ1) is 12.0. The summed E-state index contributed by atoms with van der Waals surface area (Å²) < 4.78 is 15.1. The second-order valence-corrected chi connectivity index (χ2v) is 5.45. The Morgan fingerprint density at radius 1 is 1.20 bits per heavy atom. The van der Waals surface area contributed by atoms with E-state index in [1.54, 1.807) is 12.3 Å². The first kappa shape index (κ1) is 18.9. The van der Waals surface area contributed by atoms with E-state index in [9.17, 15) is 5.11 Å². The lowest BCUT2D eigenvalue weighted by atomic mass is 10.3. The summed E-state index contributed by atoms with van der Waals surface area (Å²) >= 11 is 5.64. The van der Waals surface area contributed by atoms with Gasteiger partial charge in [0, 0.05) is 31.4 Å². The van der Waals surface area contributed by atoms with E-state index in [2.05, 4.69) is 14.9 Å². The molecule has 2 heterocycles. The van der Waals surface area contributed by atoms with E-state index >= 15 is 0 Å². The molecular weight excluding hydrogens is 348 g/mol. The molecule has 2 aromatic rings. The number of phenolic OH excluding ortho intramolecular Hbond substituents is 1. The Bertz CT molecular complexity index is 667. The number of aromatic nitrogens is 2. The fourth-order valence-corrected chi connectivity index (χ4v) is 2.27. The van der Waals surface area contributed by atoms with Gasteiger partial charge in [-0.1, -0.05) is 11.6 Å². The summed E-state index contributed by atoms with van der Waals surface area (Å²) in [4.78, 5) is 10.3. The highest BCUT2D eigenvalue weighted by atomic mass is 35.5. The largest absolute Gasteiger partial charge is 0.506 e. The normalized spacial score (nSPS) is 13.6. The van der Waals surface area contributed by atoms with Gasteiger partial charge in [0.1, 0.15) is 11.6 Å². The molecule has 1 aromatic heterocycles. The molecule has 25 heavy (non-hydrogen) atoms. The van der Waals surface area contributed by atoms with Crippen molar-refractivity contribution in [2.24, 2.45) is 0 Å². The van der Waals surface area contributed by atoms with E-state index < -0.39 is 0 Å². The van der Waals surface area contributed by atoms with Crippen LogP contribution in [0.3, 0.4) is 0 Å². The summed E-state index contributed by atoms with van der Waals surface area (Å²) in [5.74, 6) is 2.15. The molecule has 0 spiro atoms. The second kappa shape index (κ2) is 9.14. The fraction of sp³-hybridized carbons (Fsp3) is 0.375. The number of phenols is 1. The number of nitrogen functional groups attached to an aromatic ring is 1. The number of ether oxygens (including phenoxy) is 3. The second-order valence-electron chi connectivity index (χ2n) is 5.04. The molecule has 0 amide bonds. The molecule has 1 aliphatic rings. The lowest BCUT2D eigenvalue weighted by Crippen LogP contribution is -2.37. The van der Waals surface area contributed by atoms with Crippen molar-refractivity contribution in [1.29, 1.82) is 0 Å². The number of morpholine rings is 1. The van der Waals surface area contributed by atoms with Crippen LogP contribution in [0.2, 0.25) is 5.02 Å². The summed E-state index contributed by atoms with van der Waals surface area (Å²) in [6.45, 7) is 3.14. The smallest absolute Gasteiger partial charge is 0.227 e. The van der Waals surface area contributed by atoms with Gasteiger partial charge >= 0.3 is 0 Å². The molecule has 0 unspecified atom stereocenters. The maximum Gasteiger partial charge on any atom is 0.227 e. The molecule has 3 rings (SSSR count). The van der Waals surface area contributed by atoms with Crippen molar-refractivity contribution >= 4 is 23.4 Å². The quantitative estimate of drug-likeness (QED) is 0.847. The van der Waals surface area contributed by atoms with Gasteiger partial charge in [-0.05, 0) is 6.07 Å². The number of anilines is 2. The third-order valence-electron chi connectivity index (χ3n) is 3.41. The molecular formula is C16H21ClN4O4. The maximum absolute atomic E-state index is 9.18. The van der Waals surface area contributed by atoms with Crippen LogP contribution in [0, 0.1) is 0 Å². The van der Waals surface area contributed by atoms with Crippen LogP contribution in [-0.4, -0.2) is 55.6 Å². The summed E-state index contributed by atoms with van der Waals surface area (Å²) in [6, 6.07) is 4.58. The molecule has 0 aliphatic carbocycles. The molecule has 1 aliphatic heterocycles. The molecule has 0 saturated carbocycles. The van der Waals surface area contributed by atoms with Crippen molar-refractivity contribution in [1.82, 2.24) is 9.97 Å². The average Bonchev–Trinajstić information content (AvgIpc) is 2.65. The average molecular weight is 369 g/mol. The lowest BCUT2D eigenvalue weighted by Gasteiger charge is -2.26. The fourth-order valence-electron chi connectivity index (χ4n) is 2.12. The van der Waals surface area contributed by atoms with Crippen molar-refractivity contribution in [3.8, 4) is 17.2 Å². The summed E-state index contributed by atoms with van der Waals surface area (Å²) in [5.41, 5.74) is 5.56. The number of rotatable bonds is 3. The number of methoxy groups -OCH3 is 2. The zero-order valence-electron chi connectivity index (χ0n) is 14.1. The van der Waals surface area contributed by atoms with Crippen LogP contribution in [-0.2, 0) is 4.74 Å². The molecule has 1 saturated heterocycles. The monoisotopic (exact) mass is 368 g/mol. The van der Waals surface area contributed by atoms with Gasteiger partial charge in [-0.25, -0.2) is 4.98 Å². The van der Waals surface area contributed by atoms with E-state index in [1.165, 1.54) is 26.4 Å². The molecule has 8 nitrogen and oxygen atoms in total. The van der Waals surface area contributed by atoms with Crippen LogP contribution < -0.4 is 20.1 Å². The van der Waals surface area contributed by atoms with Crippen LogP contribution >= 0.6 is 11.6 Å². The van der Waals surface area contributed by atoms with Crippen LogP contribution in [0.4, 0.5) is 11.8 Å². The van der Waals surface area contributed by atoms with Crippen LogP contribution in [0.15, 0.2) is 24.4 Å². The molecule has 0 atom stereocenters. The van der Waals surface area contributed by atoms with Crippen molar-refractivity contribution in [3.63, 3.8) is 0 Å². The Hall–Kier alpha value is -2.45. The first-order valence-corrected chi connectivity index (χ1v) is 7.94. The van der Waals surface area contributed by atoms with Gasteiger partial charge in [0.2, 0.25) is 5.95 Å². The molecule has 0 radical (unpaired) electrons. The highest BCUT2D eigenvalue weighted by molar-refractivity contribution is 6.32. The zero-order valence-corrected chi connectivity index (χ0v) is 14.9. The van der Waals surface area contributed by atoms with Crippen LogP contribution in [0.1, 0.15) is 0 Å². The third kappa shape index (κ3) is 5.27. The van der Waals surface area contributed by atoms with Crippen LogP contribution in [0.25, 0.3) is 0 Å². The van der Waals surface area contributed by atoms with E-state index in [0.717, 1.165) is 26.3 Å². The van der Waals surface area contributed by atoms with Gasteiger partial charge in [-0.2, -0.15) is 4.98 Å². The maximum atomic E-state index is 9.18. The highest BCUT2D eigenvalue weighted by Crippen LogP contribution is 2.36. The predicted octanol–water partition coefficient (Wildman–Crippen LogP) is 1.96. The summed E-state index contributed by atoms with van der Waals surface area (Å²) in [6.07, 6.45) is 1.67. The molecule has 0 bridgehead atoms. The minimum Gasteiger partial charge on any atom is -0.506 e. The van der Waals surface area contributed by atoms with Crippen molar-refractivity contribution in [2.75, 3.05) is 51.2 Å². The van der Waals surface area contributed by atoms with Crippen LogP contribution in [0.5, 0.6) is 17.2 Å². The molecule has 3 N–H and O–H groups in total. The highest BCUT2D eigenvalue weighted by Gasteiger charge is 2.13. The number of halogens is 1. The van der Waals surface area contributed by atoms with Gasteiger partial charge in [0.25, 0.3) is 0 Å². The van der Waals surface area contributed by atoms with E-state index in [1.807, 2.05) is 0 Å². The third-order valence-corrected chi connectivity index (χ3v) is 3.71. The number of hydrogen-bond donors (Lipinski definition) is 2. The summed E-state index contributed by atoms with van der Waals surface area (Å²) in [7, 11) is 3.00. The van der Waals surface area contributed by atoms with E-state index in [-0.39, 0.29) is 10.8 Å². The van der Waals surface area contributed by atoms with Gasteiger partial charge in [0.05, 0.1) is 32.5 Å². The number of nitrogens with two attached hydrogens (primary N) is 1. The van der Waals surface area contributed by atoms with E-state index in [0.29, 0.717) is 23.3 Å². The lowest BCUT2D eigenvalue weighted by molar-refractivity contribution is 0.122. The van der Waals surface area contributed by atoms with Crippen molar-refractivity contribution < 1.29 is 19.3 Å². The topological polar surface area (TPSA) is 103 Å². The Morgan fingerprint density at radius 2 is 1.84 bits per heavy atom. The predicted molar refractivity (Wildman–Crippen MR) is 95.7 cm³/mol. The zero-order chi connectivity index (χ0) is 18.2. The van der Waals surface area contributed by atoms with Crippen molar-refractivity contribution in [2.45, 2.75) is 0 Å².